The van der Waals surface area contributed by atoms with Gasteiger partial charge in [-0.3, -0.25) is 0 Å². The van der Waals surface area contributed by atoms with Gasteiger partial charge in [0.2, 0.25) is 0 Å². The van der Waals surface area contributed by atoms with Crippen molar-refractivity contribution < 1.29 is 9.53 Å². The Kier molecular flexibility index (Phi) is 11.5. The van der Waals surface area contributed by atoms with Crippen LogP contribution < -0.4 is 10.6 Å². The molecule has 0 spiro atoms. The minimum Gasteiger partial charge on any atom is -0.444 e. The Labute approximate surface area is 118 Å². The number of carbonyl (C=O) groups excluding carboxylic acids is 1. The Morgan fingerprint density at radius 2 is 1.67 bits per heavy atom. The molecular weight excluding hydrogens is 252 g/mol. The highest BCUT2D eigenvalue weighted by atomic mass is 35.5. The zero-order valence-corrected chi connectivity index (χ0v) is 13.2. The van der Waals surface area contributed by atoms with Crippen LogP contribution in [0.2, 0.25) is 0 Å². The third kappa shape index (κ3) is 15.5. The van der Waals surface area contributed by atoms with Gasteiger partial charge in [0, 0.05) is 12.6 Å². The fourth-order valence-corrected chi connectivity index (χ4v) is 1.32. The van der Waals surface area contributed by atoms with Gasteiger partial charge in [-0.2, -0.15) is 0 Å². The topological polar surface area (TPSA) is 50.4 Å². The lowest BCUT2D eigenvalue weighted by Gasteiger charge is -2.19. The highest BCUT2D eigenvalue weighted by Gasteiger charge is 2.15. The number of alkyl carbamates (subject to hydrolysis) is 1. The molecule has 4 nitrogen and oxygen atoms in total. The van der Waals surface area contributed by atoms with Crippen LogP contribution in [-0.4, -0.2) is 30.8 Å². The molecule has 0 aromatic carbocycles. The van der Waals surface area contributed by atoms with Gasteiger partial charge in [-0.25, -0.2) is 4.79 Å². The Balaban J connectivity index is 0. The van der Waals surface area contributed by atoms with Crippen LogP contribution in [0.5, 0.6) is 0 Å². The van der Waals surface area contributed by atoms with Crippen LogP contribution in [0.1, 0.15) is 53.9 Å². The van der Waals surface area contributed by atoms with Gasteiger partial charge in [-0.1, -0.05) is 20.3 Å². The van der Waals surface area contributed by atoms with Crippen LogP contribution in [0.3, 0.4) is 0 Å². The molecule has 0 aromatic heterocycles. The molecule has 0 bridgehead atoms. The van der Waals surface area contributed by atoms with E-state index in [2.05, 4.69) is 24.5 Å². The first-order valence-corrected chi connectivity index (χ1v) is 6.51. The van der Waals surface area contributed by atoms with Crippen molar-refractivity contribution in [1.82, 2.24) is 10.6 Å². The maximum Gasteiger partial charge on any atom is 0.407 e. The maximum absolute atomic E-state index is 11.3. The summed E-state index contributed by atoms with van der Waals surface area (Å²) in [6.07, 6.45) is 2.95. The molecule has 0 fully saturated rings. The van der Waals surface area contributed by atoms with E-state index in [0.29, 0.717) is 12.6 Å². The number of rotatable bonds is 7. The summed E-state index contributed by atoms with van der Waals surface area (Å²) in [5, 5.41) is 6.12. The number of hydrogen-bond donors (Lipinski definition) is 2. The van der Waals surface area contributed by atoms with Crippen molar-refractivity contribution >= 4 is 18.5 Å². The van der Waals surface area contributed by atoms with Crippen LogP contribution in [0.4, 0.5) is 4.79 Å². The van der Waals surface area contributed by atoms with E-state index in [9.17, 15) is 4.79 Å². The molecular formula is C13H29ClN2O2. The zero-order chi connectivity index (χ0) is 13.3. The van der Waals surface area contributed by atoms with Gasteiger partial charge in [-0.05, 0) is 40.2 Å². The van der Waals surface area contributed by atoms with Gasteiger partial charge < -0.3 is 15.4 Å². The third-order valence-corrected chi connectivity index (χ3v) is 2.07. The predicted octanol–water partition coefficient (Wildman–Crippen LogP) is 3.10. The average molecular weight is 281 g/mol. The van der Waals surface area contributed by atoms with Crippen LogP contribution in [0.15, 0.2) is 0 Å². The second-order valence-electron chi connectivity index (χ2n) is 5.60. The van der Waals surface area contributed by atoms with Gasteiger partial charge >= 0.3 is 6.09 Å². The van der Waals surface area contributed by atoms with E-state index in [1.165, 1.54) is 0 Å². The Morgan fingerprint density at radius 3 is 2.17 bits per heavy atom. The van der Waals surface area contributed by atoms with Crippen LogP contribution in [0, 0.1) is 0 Å². The van der Waals surface area contributed by atoms with E-state index in [0.717, 1.165) is 25.8 Å². The highest BCUT2D eigenvalue weighted by molar-refractivity contribution is 5.85. The van der Waals surface area contributed by atoms with Gasteiger partial charge in [0.15, 0.2) is 0 Å². The number of nitrogens with one attached hydrogen (secondary N) is 2. The molecule has 1 amide bonds. The second-order valence-corrected chi connectivity index (χ2v) is 5.60. The van der Waals surface area contributed by atoms with Gasteiger partial charge in [0.1, 0.15) is 5.60 Å². The number of ether oxygens (including phenoxy) is 1. The highest BCUT2D eigenvalue weighted by Crippen LogP contribution is 2.06. The molecule has 0 unspecified atom stereocenters. The number of halogens is 1. The van der Waals surface area contributed by atoms with Crippen LogP contribution in [-0.2, 0) is 4.74 Å². The van der Waals surface area contributed by atoms with Gasteiger partial charge in [0.25, 0.3) is 0 Å². The van der Waals surface area contributed by atoms with Crippen molar-refractivity contribution in [1.29, 1.82) is 0 Å². The predicted molar refractivity (Wildman–Crippen MR) is 78.5 cm³/mol. The smallest absolute Gasteiger partial charge is 0.407 e. The number of amides is 1. The molecule has 0 aromatic rings. The number of unbranched alkanes of at least 4 members (excludes halogenated alkanes) is 2. The molecule has 0 saturated heterocycles. The first-order valence-electron chi connectivity index (χ1n) is 6.51. The summed E-state index contributed by atoms with van der Waals surface area (Å²) in [5.41, 5.74) is -0.411. The SMILES string of the molecule is CC(C)NCCCCCNC(=O)OC(C)(C)C.Cl. The lowest BCUT2D eigenvalue weighted by molar-refractivity contribution is 0.0527. The quantitative estimate of drug-likeness (QED) is 0.705. The fourth-order valence-electron chi connectivity index (χ4n) is 1.32. The number of hydrogen-bond acceptors (Lipinski definition) is 3. The summed E-state index contributed by atoms with van der Waals surface area (Å²) >= 11 is 0. The second kappa shape index (κ2) is 10.4. The Hall–Kier alpha value is -0.480. The molecule has 0 saturated carbocycles. The molecule has 0 rings (SSSR count). The van der Waals surface area contributed by atoms with Crippen molar-refractivity contribution in [3.8, 4) is 0 Å². The van der Waals surface area contributed by atoms with E-state index < -0.39 is 5.60 Å². The zero-order valence-electron chi connectivity index (χ0n) is 12.3. The van der Waals surface area contributed by atoms with Crippen LogP contribution >= 0.6 is 12.4 Å². The minimum absolute atomic E-state index is 0. The summed E-state index contributed by atoms with van der Waals surface area (Å²) < 4.78 is 5.13. The van der Waals surface area contributed by atoms with E-state index in [1.807, 2.05) is 20.8 Å². The Morgan fingerprint density at radius 1 is 1.11 bits per heavy atom. The monoisotopic (exact) mass is 280 g/mol. The van der Waals surface area contributed by atoms with Crippen molar-refractivity contribution in [2.75, 3.05) is 13.1 Å². The van der Waals surface area contributed by atoms with Crippen molar-refractivity contribution in [3.05, 3.63) is 0 Å². The average Bonchev–Trinajstić information content (AvgIpc) is 2.12. The van der Waals surface area contributed by atoms with Crippen LogP contribution in [0.25, 0.3) is 0 Å². The molecule has 0 atom stereocenters. The molecule has 0 heterocycles. The Bertz CT molecular complexity index is 216. The largest absolute Gasteiger partial charge is 0.444 e. The third-order valence-electron chi connectivity index (χ3n) is 2.07. The normalized spacial score (nSPS) is 11.0. The lowest BCUT2D eigenvalue weighted by Crippen LogP contribution is -2.33. The van der Waals surface area contributed by atoms with Crippen molar-refractivity contribution in [2.24, 2.45) is 0 Å². The number of carbonyl (C=O) groups is 1. The van der Waals surface area contributed by atoms with Crippen molar-refractivity contribution in [3.63, 3.8) is 0 Å². The summed E-state index contributed by atoms with van der Waals surface area (Å²) in [7, 11) is 0. The summed E-state index contributed by atoms with van der Waals surface area (Å²) in [5.74, 6) is 0. The summed E-state index contributed by atoms with van der Waals surface area (Å²) in [6, 6.07) is 0.551. The molecule has 5 heteroatoms. The molecule has 2 N–H and O–H groups in total. The van der Waals surface area contributed by atoms with Gasteiger partial charge in [0.05, 0.1) is 0 Å². The minimum atomic E-state index is -0.411. The first kappa shape index (κ1) is 19.9. The summed E-state index contributed by atoms with van der Waals surface area (Å²) in [4.78, 5) is 11.3. The van der Waals surface area contributed by atoms with E-state index >= 15 is 0 Å². The van der Waals surface area contributed by atoms with Gasteiger partial charge in [-0.15, -0.1) is 12.4 Å². The molecule has 0 aliphatic carbocycles. The molecule has 0 aliphatic heterocycles. The molecule has 0 aliphatic rings. The molecule has 0 radical (unpaired) electrons. The fraction of sp³-hybridized carbons (Fsp3) is 0.923. The first-order chi connectivity index (χ1) is 7.81. The molecule has 110 valence electrons. The molecule has 18 heavy (non-hydrogen) atoms. The maximum atomic E-state index is 11.3. The standard InChI is InChI=1S/C13H28N2O2.ClH/c1-11(2)14-9-7-6-8-10-15-12(16)17-13(3,4)5;/h11,14H,6-10H2,1-5H3,(H,15,16);1H. The van der Waals surface area contributed by atoms with E-state index in [1.54, 1.807) is 0 Å². The van der Waals surface area contributed by atoms with Crippen molar-refractivity contribution in [2.45, 2.75) is 65.5 Å². The summed E-state index contributed by atoms with van der Waals surface area (Å²) in [6.45, 7) is 11.6. The lowest BCUT2D eigenvalue weighted by atomic mass is 10.2. The van der Waals surface area contributed by atoms with E-state index in [-0.39, 0.29) is 18.5 Å². The van der Waals surface area contributed by atoms with E-state index in [4.69, 9.17) is 4.74 Å².